The third kappa shape index (κ3) is 11.8. The summed E-state index contributed by atoms with van der Waals surface area (Å²) >= 11 is 0. The first-order chi connectivity index (χ1) is 20.2. The van der Waals surface area contributed by atoms with Crippen molar-refractivity contribution in [2.45, 2.75) is 103 Å². The van der Waals surface area contributed by atoms with Gasteiger partial charge in [-0.1, -0.05) is 67.6 Å². The molecule has 232 valence electrons. The zero-order valence-electron chi connectivity index (χ0n) is 25.1. The summed E-state index contributed by atoms with van der Waals surface area (Å²) in [5.74, 6) is -0.626. The van der Waals surface area contributed by atoms with Gasteiger partial charge in [-0.25, -0.2) is 5.48 Å². The maximum absolute atomic E-state index is 12.7. The lowest BCUT2D eigenvalue weighted by atomic mass is 9.96. The first-order valence-corrected chi connectivity index (χ1v) is 14.7. The van der Waals surface area contributed by atoms with Crippen LogP contribution in [-0.4, -0.2) is 66.4 Å². The second-order valence-corrected chi connectivity index (χ2v) is 11.3. The predicted octanol–water partition coefficient (Wildman–Crippen LogP) is 3.80. The van der Waals surface area contributed by atoms with E-state index in [1.807, 2.05) is 88.4 Å². The minimum Gasteiger partial charge on any atom is -0.463 e. The molecule has 1 saturated heterocycles. The first-order valence-electron chi connectivity index (χ1n) is 14.7. The second-order valence-electron chi connectivity index (χ2n) is 11.3. The Balaban J connectivity index is 1.70. The maximum Gasteiger partial charge on any atom is 0.305 e. The molecule has 0 aromatic heterocycles. The molecule has 3 rings (SSSR count). The van der Waals surface area contributed by atoms with Crippen LogP contribution < -0.4 is 10.8 Å². The molecular weight excluding hydrogens is 540 g/mol. The molecule has 0 spiro atoms. The molecular formula is C32H46N2O8. The van der Waals surface area contributed by atoms with E-state index in [0.717, 1.165) is 11.1 Å². The number of benzene rings is 2. The zero-order valence-corrected chi connectivity index (χ0v) is 25.1. The largest absolute Gasteiger partial charge is 0.463 e. The minimum absolute atomic E-state index is 0.168. The summed E-state index contributed by atoms with van der Waals surface area (Å²) in [5.41, 5.74) is 4.34. The summed E-state index contributed by atoms with van der Waals surface area (Å²) in [6.45, 7) is 8.40. The van der Waals surface area contributed by atoms with Gasteiger partial charge >= 0.3 is 5.97 Å². The Bertz CT molecular complexity index is 1060. The van der Waals surface area contributed by atoms with Crippen molar-refractivity contribution in [3.05, 3.63) is 71.8 Å². The highest BCUT2D eigenvalue weighted by Gasteiger charge is 2.47. The molecule has 1 aliphatic rings. The van der Waals surface area contributed by atoms with Crippen molar-refractivity contribution < 1.29 is 38.5 Å². The van der Waals surface area contributed by atoms with Gasteiger partial charge in [0.15, 0.2) is 6.29 Å². The number of esters is 1. The van der Waals surface area contributed by atoms with Gasteiger partial charge in [0.05, 0.1) is 18.8 Å². The summed E-state index contributed by atoms with van der Waals surface area (Å²) in [7, 11) is 0. The van der Waals surface area contributed by atoms with E-state index in [2.05, 4.69) is 10.8 Å². The molecule has 1 unspecified atom stereocenters. The number of aliphatic hydroxyl groups is 1. The zero-order chi connectivity index (χ0) is 30.4. The fourth-order valence-corrected chi connectivity index (χ4v) is 4.37. The van der Waals surface area contributed by atoms with Gasteiger partial charge in [-0.2, -0.15) is 0 Å². The van der Waals surface area contributed by atoms with Crippen LogP contribution in [0.2, 0.25) is 0 Å². The number of hydroxylamine groups is 1. The number of amides is 1. The molecule has 2 aromatic carbocycles. The molecule has 0 saturated carbocycles. The molecule has 1 amide bonds. The van der Waals surface area contributed by atoms with Crippen molar-refractivity contribution in [1.29, 1.82) is 0 Å². The monoisotopic (exact) mass is 586 g/mol. The van der Waals surface area contributed by atoms with Crippen LogP contribution in [0.1, 0.15) is 64.5 Å². The molecule has 10 heteroatoms. The van der Waals surface area contributed by atoms with Gasteiger partial charge < -0.3 is 29.4 Å². The Morgan fingerprint density at radius 1 is 0.929 bits per heavy atom. The van der Waals surface area contributed by atoms with E-state index in [9.17, 15) is 14.7 Å². The van der Waals surface area contributed by atoms with Gasteiger partial charge in [-0.15, -0.1) is 0 Å². The smallest absolute Gasteiger partial charge is 0.305 e. The average Bonchev–Trinajstić information content (AvgIpc) is 2.96. The summed E-state index contributed by atoms with van der Waals surface area (Å²) < 4.78 is 24.0. The maximum atomic E-state index is 12.7. The fourth-order valence-electron chi connectivity index (χ4n) is 4.37. The number of nitrogens with one attached hydrogen (secondary N) is 2. The predicted molar refractivity (Wildman–Crippen MR) is 157 cm³/mol. The van der Waals surface area contributed by atoms with E-state index in [0.29, 0.717) is 25.8 Å². The Morgan fingerprint density at radius 3 is 2.14 bits per heavy atom. The van der Waals surface area contributed by atoms with Crippen molar-refractivity contribution in [1.82, 2.24) is 10.8 Å². The van der Waals surface area contributed by atoms with E-state index in [1.165, 1.54) is 0 Å². The molecule has 1 heterocycles. The Hall–Kier alpha value is -2.86. The molecule has 0 aliphatic carbocycles. The molecule has 3 N–H and O–H groups in total. The standard InChI is InChI=1S/C32H46N2O8/c1-5-13-26(35)34-28-30(39-20-23-14-8-6-9-15-23)29(37)25(41-31(28)40-21-24-16-10-7-11-17-24)22-38-27(36)18-12-19-33-42-32(2,3)4/h6-11,14-17,25,28-31,33,37H,5,12-13,18-22H2,1-4H3,(H,34,35)/t25-,28-,29-,30-,31?/m1/s1. The Morgan fingerprint density at radius 2 is 1.55 bits per heavy atom. The average molecular weight is 587 g/mol. The SMILES string of the molecule is CCCC(=O)N[C@H]1C(OCc2ccccc2)O[C@H](COC(=O)CCCNOC(C)(C)C)[C@@H](O)[C@@H]1OCc1ccccc1. The molecule has 0 radical (unpaired) electrons. The molecule has 1 aliphatic heterocycles. The normalized spacial score (nSPS) is 22.5. The van der Waals surface area contributed by atoms with Gasteiger partial charge in [0.1, 0.15) is 31.0 Å². The number of carbonyl (C=O) groups is 2. The summed E-state index contributed by atoms with van der Waals surface area (Å²) in [6.07, 6.45) is -2.34. The lowest BCUT2D eigenvalue weighted by Crippen LogP contribution is -2.65. The fraction of sp³-hybridized carbons (Fsp3) is 0.562. The topological polar surface area (TPSA) is 125 Å². The number of ether oxygens (including phenoxy) is 4. The lowest BCUT2D eigenvalue weighted by molar-refractivity contribution is -0.282. The number of rotatable bonds is 16. The number of hydrogen-bond donors (Lipinski definition) is 3. The minimum atomic E-state index is -1.20. The quantitative estimate of drug-likeness (QED) is 0.153. The van der Waals surface area contributed by atoms with E-state index in [1.54, 1.807) is 0 Å². The molecule has 1 fully saturated rings. The van der Waals surface area contributed by atoms with E-state index in [4.69, 9.17) is 23.8 Å². The van der Waals surface area contributed by atoms with Gasteiger partial charge in [0, 0.05) is 19.4 Å². The highest BCUT2D eigenvalue weighted by molar-refractivity contribution is 5.76. The summed E-state index contributed by atoms with van der Waals surface area (Å²) in [6, 6.07) is 18.3. The molecule has 2 aromatic rings. The van der Waals surface area contributed by atoms with Crippen LogP contribution in [0.4, 0.5) is 0 Å². The number of carbonyl (C=O) groups excluding carboxylic acids is 2. The van der Waals surface area contributed by atoms with E-state index >= 15 is 0 Å². The highest BCUT2D eigenvalue weighted by atomic mass is 16.7. The van der Waals surface area contributed by atoms with Gasteiger partial charge in [0.2, 0.25) is 5.91 Å². The summed E-state index contributed by atoms with van der Waals surface area (Å²) in [4.78, 5) is 30.6. The van der Waals surface area contributed by atoms with Crippen LogP contribution in [0.5, 0.6) is 0 Å². The van der Waals surface area contributed by atoms with Crippen molar-refractivity contribution in [3.8, 4) is 0 Å². The van der Waals surface area contributed by atoms with Crippen LogP contribution in [0.3, 0.4) is 0 Å². The molecule has 10 nitrogen and oxygen atoms in total. The van der Waals surface area contributed by atoms with E-state index < -0.39 is 36.6 Å². The van der Waals surface area contributed by atoms with Crippen LogP contribution in [-0.2, 0) is 46.6 Å². The van der Waals surface area contributed by atoms with Crippen LogP contribution >= 0.6 is 0 Å². The van der Waals surface area contributed by atoms with Crippen LogP contribution in [0.25, 0.3) is 0 Å². The van der Waals surface area contributed by atoms with Gasteiger partial charge in [-0.05, 0) is 44.7 Å². The van der Waals surface area contributed by atoms with Crippen molar-refractivity contribution in [2.75, 3.05) is 13.2 Å². The van der Waals surface area contributed by atoms with Crippen LogP contribution in [0.15, 0.2) is 60.7 Å². The van der Waals surface area contributed by atoms with Crippen molar-refractivity contribution in [2.24, 2.45) is 0 Å². The van der Waals surface area contributed by atoms with Crippen molar-refractivity contribution >= 4 is 11.9 Å². The highest BCUT2D eigenvalue weighted by Crippen LogP contribution is 2.27. The number of aliphatic hydroxyl groups excluding tert-OH is 1. The first kappa shape index (κ1) is 33.6. The van der Waals surface area contributed by atoms with Crippen LogP contribution in [0, 0.1) is 0 Å². The second kappa shape index (κ2) is 17.3. The Labute approximate surface area is 249 Å². The van der Waals surface area contributed by atoms with Gasteiger partial charge in [-0.3, -0.25) is 14.4 Å². The third-order valence-corrected chi connectivity index (χ3v) is 6.47. The third-order valence-electron chi connectivity index (χ3n) is 6.47. The molecule has 0 bridgehead atoms. The summed E-state index contributed by atoms with van der Waals surface area (Å²) in [5, 5.41) is 14.3. The Kier molecular flexibility index (Phi) is 13.9. The van der Waals surface area contributed by atoms with Gasteiger partial charge in [0.25, 0.3) is 0 Å². The van der Waals surface area contributed by atoms with E-state index in [-0.39, 0.29) is 37.7 Å². The lowest BCUT2D eigenvalue weighted by Gasteiger charge is -2.44. The molecule has 42 heavy (non-hydrogen) atoms. The number of hydrogen-bond acceptors (Lipinski definition) is 9. The molecule has 5 atom stereocenters. The van der Waals surface area contributed by atoms with Crippen molar-refractivity contribution in [3.63, 3.8) is 0 Å².